The van der Waals surface area contributed by atoms with Crippen molar-refractivity contribution in [1.29, 1.82) is 0 Å². The van der Waals surface area contributed by atoms with Crippen LogP contribution < -0.4 is 4.72 Å². The van der Waals surface area contributed by atoms with E-state index in [-0.39, 0.29) is 18.7 Å². The maximum absolute atomic E-state index is 11.4. The van der Waals surface area contributed by atoms with Crippen LogP contribution in [0.4, 0.5) is 0 Å². The molecule has 1 aromatic heterocycles. The molecule has 7 heteroatoms. The van der Waals surface area contributed by atoms with Gasteiger partial charge in [-0.15, -0.1) is 11.3 Å². The summed E-state index contributed by atoms with van der Waals surface area (Å²) in [6, 6.07) is 3.84. The molecule has 2 N–H and O–H groups in total. The number of nitrogens with one attached hydrogen (secondary N) is 1. The van der Waals surface area contributed by atoms with Gasteiger partial charge in [0.05, 0.1) is 12.2 Å². The smallest absolute Gasteiger partial charge is 0.304 e. The Morgan fingerprint density at radius 1 is 1.41 bits per heavy atom. The van der Waals surface area contributed by atoms with Gasteiger partial charge in [0.1, 0.15) is 0 Å². The van der Waals surface area contributed by atoms with Crippen LogP contribution in [0.5, 0.6) is 0 Å². The Morgan fingerprint density at radius 2 is 2.06 bits per heavy atom. The number of carbonyl (C=O) groups is 1. The maximum atomic E-state index is 11.4. The van der Waals surface area contributed by atoms with Crippen molar-refractivity contribution in [3.8, 4) is 0 Å². The summed E-state index contributed by atoms with van der Waals surface area (Å²) in [5, 5.41) is 8.41. The molecular formula is C10H15NO4S2. The summed E-state index contributed by atoms with van der Waals surface area (Å²) in [5.74, 6) is -1.49. The Kier molecular flexibility index (Phi) is 5.10. The van der Waals surface area contributed by atoms with E-state index in [4.69, 9.17) is 5.11 Å². The average molecular weight is 277 g/mol. The lowest BCUT2D eigenvalue weighted by Crippen LogP contribution is -2.26. The first-order valence-corrected chi connectivity index (χ1v) is 7.66. The zero-order chi connectivity index (χ0) is 12.9. The second-order valence-electron chi connectivity index (χ2n) is 3.51. The number of hydrogen-bond acceptors (Lipinski definition) is 4. The monoisotopic (exact) mass is 277 g/mol. The third-order valence-corrected chi connectivity index (χ3v) is 4.67. The molecule has 0 aliphatic carbocycles. The van der Waals surface area contributed by atoms with E-state index in [2.05, 4.69) is 4.72 Å². The minimum absolute atomic E-state index is 0.229. The summed E-state index contributed by atoms with van der Waals surface area (Å²) in [7, 11) is -3.50. The van der Waals surface area contributed by atoms with Crippen LogP contribution in [0.15, 0.2) is 12.1 Å². The second kappa shape index (κ2) is 6.13. The van der Waals surface area contributed by atoms with Crippen LogP contribution in [0.1, 0.15) is 23.1 Å². The molecule has 0 bridgehead atoms. The van der Waals surface area contributed by atoms with Crippen molar-refractivity contribution in [3.05, 3.63) is 21.9 Å². The third-order valence-electron chi connectivity index (χ3n) is 2.12. The predicted octanol–water partition coefficient (Wildman–Crippen LogP) is 1.20. The highest BCUT2D eigenvalue weighted by Gasteiger charge is 2.12. The van der Waals surface area contributed by atoms with Crippen molar-refractivity contribution in [3.63, 3.8) is 0 Å². The standard InChI is InChI=1S/C10H15NO4S2/c1-2-8-3-4-9(16-8)7-11-17(14,15)6-5-10(12)13/h3-4,11H,2,5-7H2,1H3,(H,12,13). The first kappa shape index (κ1) is 14.1. The lowest BCUT2D eigenvalue weighted by Gasteiger charge is -2.03. The summed E-state index contributed by atoms with van der Waals surface area (Å²) in [4.78, 5) is 12.4. The van der Waals surface area contributed by atoms with Crippen LogP contribution in [0.25, 0.3) is 0 Å². The van der Waals surface area contributed by atoms with Crippen LogP contribution >= 0.6 is 11.3 Å². The van der Waals surface area contributed by atoms with Crippen molar-refractivity contribution < 1.29 is 18.3 Å². The minimum Gasteiger partial charge on any atom is -0.481 e. The van der Waals surface area contributed by atoms with Gasteiger partial charge in [0.25, 0.3) is 0 Å². The van der Waals surface area contributed by atoms with E-state index in [1.54, 1.807) is 11.3 Å². The summed E-state index contributed by atoms with van der Waals surface area (Å²) < 4.78 is 25.2. The van der Waals surface area contributed by atoms with Crippen molar-refractivity contribution >= 4 is 27.3 Å². The zero-order valence-electron chi connectivity index (χ0n) is 9.47. The quantitative estimate of drug-likeness (QED) is 0.784. The molecule has 0 atom stereocenters. The molecule has 0 fully saturated rings. The highest BCUT2D eigenvalue weighted by atomic mass is 32.2. The van der Waals surface area contributed by atoms with Crippen molar-refractivity contribution in [1.82, 2.24) is 4.72 Å². The van der Waals surface area contributed by atoms with Crippen molar-refractivity contribution in [2.24, 2.45) is 0 Å². The predicted molar refractivity (Wildman–Crippen MR) is 66.6 cm³/mol. The Balaban J connectivity index is 2.46. The highest BCUT2D eigenvalue weighted by Crippen LogP contribution is 2.16. The van der Waals surface area contributed by atoms with E-state index in [9.17, 15) is 13.2 Å². The number of thiophene rings is 1. The van der Waals surface area contributed by atoms with E-state index < -0.39 is 16.0 Å². The van der Waals surface area contributed by atoms with Gasteiger partial charge in [-0.1, -0.05) is 6.92 Å². The Labute approximate surface area is 105 Å². The molecule has 0 radical (unpaired) electrons. The van der Waals surface area contributed by atoms with E-state index in [0.717, 1.165) is 11.3 Å². The largest absolute Gasteiger partial charge is 0.481 e. The summed E-state index contributed by atoms with van der Waals surface area (Å²) in [6.07, 6.45) is 0.552. The molecule has 0 saturated carbocycles. The number of carboxylic acid groups (broad SMARTS) is 1. The van der Waals surface area contributed by atoms with E-state index in [1.807, 2.05) is 19.1 Å². The van der Waals surface area contributed by atoms with Crippen LogP contribution in [0, 0.1) is 0 Å². The van der Waals surface area contributed by atoms with Crippen LogP contribution in [-0.4, -0.2) is 25.2 Å². The van der Waals surface area contributed by atoms with Gasteiger partial charge in [-0.25, -0.2) is 13.1 Å². The summed E-state index contributed by atoms with van der Waals surface area (Å²) in [6.45, 7) is 2.26. The van der Waals surface area contributed by atoms with Gasteiger partial charge in [0.2, 0.25) is 10.0 Å². The molecule has 96 valence electrons. The van der Waals surface area contributed by atoms with Crippen LogP contribution in [-0.2, 0) is 27.8 Å². The van der Waals surface area contributed by atoms with E-state index in [0.29, 0.717) is 0 Å². The number of carboxylic acids is 1. The molecule has 0 saturated heterocycles. The molecule has 5 nitrogen and oxygen atoms in total. The van der Waals surface area contributed by atoms with E-state index >= 15 is 0 Å². The van der Waals surface area contributed by atoms with Crippen molar-refractivity contribution in [2.75, 3.05) is 5.75 Å². The van der Waals surface area contributed by atoms with Gasteiger partial charge in [0, 0.05) is 16.3 Å². The maximum Gasteiger partial charge on any atom is 0.304 e. The lowest BCUT2D eigenvalue weighted by atomic mass is 10.4. The Hall–Kier alpha value is -0.920. The molecule has 0 aliphatic heterocycles. The summed E-state index contributed by atoms with van der Waals surface area (Å²) >= 11 is 1.55. The number of sulfonamides is 1. The molecule has 1 heterocycles. The molecule has 1 aromatic rings. The third kappa shape index (κ3) is 5.29. The minimum atomic E-state index is -3.50. The van der Waals surface area contributed by atoms with Gasteiger partial charge in [-0.2, -0.15) is 0 Å². The molecule has 1 rings (SSSR count). The first-order valence-electron chi connectivity index (χ1n) is 5.19. The first-order chi connectivity index (χ1) is 7.93. The molecule has 0 unspecified atom stereocenters. The topological polar surface area (TPSA) is 83.5 Å². The number of hydrogen-bond donors (Lipinski definition) is 2. The number of aliphatic carboxylic acids is 1. The van der Waals surface area contributed by atoms with Crippen LogP contribution in [0.3, 0.4) is 0 Å². The lowest BCUT2D eigenvalue weighted by molar-refractivity contribution is -0.136. The van der Waals surface area contributed by atoms with E-state index in [1.165, 1.54) is 4.88 Å². The fraction of sp³-hybridized carbons (Fsp3) is 0.500. The molecule has 17 heavy (non-hydrogen) atoms. The van der Waals surface area contributed by atoms with Crippen molar-refractivity contribution in [2.45, 2.75) is 26.3 Å². The Morgan fingerprint density at radius 3 is 2.59 bits per heavy atom. The van der Waals surface area contributed by atoms with Gasteiger partial charge in [0.15, 0.2) is 0 Å². The molecule has 0 spiro atoms. The van der Waals surface area contributed by atoms with Gasteiger partial charge < -0.3 is 5.11 Å². The normalized spacial score (nSPS) is 11.6. The second-order valence-corrected chi connectivity index (χ2v) is 6.68. The molecule has 0 amide bonds. The van der Waals surface area contributed by atoms with Gasteiger partial charge in [-0.05, 0) is 18.6 Å². The molecule has 0 aromatic carbocycles. The SMILES string of the molecule is CCc1ccc(CNS(=O)(=O)CCC(=O)O)s1. The fourth-order valence-corrected chi connectivity index (χ4v) is 3.13. The zero-order valence-corrected chi connectivity index (χ0v) is 11.1. The number of aryl methyl sites for hydroxylation is 1. The highest BCUT2D eigenvalue weighted by molar-refractivity contribution is 7.89. The van der Waals surface area contributed by atoms with Gasteiger partial charge >= 0.3 is 5.97 Å². The van der Waals surface area contributed by atoms with Crippen LogP contribution in [0.2, 0.25) is 0 Å². The number of rotatable bonds is 7. The average Bonchev–Trinajstić information content (AvgIpc) is 2.72. The molecule has 0 aliphatic rings. The summed E-state index contributed by atoms with van der Waals surface area (Å²) in [5.41, 5.74) is 0. The molecular weight excluding hydrogens is 262 g/mol. The fourth-order valence-electron chi connectivity index (χ4n) is 1.18. The van der Waals surface area contributed by atoms with Gasteiger partial charge in [-0.3, -0.25) is 4.79 Å². The Bertz CT molecular complexity index is 478.